The molecular formula is C26H43N3O4. The SMILES string of the molecule is COCC12CCC(C)CC1CCC1C3CCC(C(=O)CN(N)/C=C(\N)C(=O)O)C3(C)CCC12. The number of Topliss-reactive ketones (excluding diaryl/α,β-unsaturated/α-hetero) is 1. The average molecular weight is 462 g/mol. The molecule has 8 atom stereocenters. The minimum absolute atomic E-state index is 0.00261. The fourth-order valence-corrected chi connectivity index (χ4v) is 8.91. The van der Waals surface area contributed by atoms with Crippen LogP contribution in [0.15, 0.2) is 11.9 Å². The maximum atomic E-state index is 13.3. The number of ketones is 1. The van der Waals surface area contributed by atoms with E-state index in [0.29, 0.717) is 23.2 Å². The van der Waals surface area contributed by atoms with Crippen LogP contribution in [-0.2, 0) is 14.3 Å². The first-order chi connectivity index (χ1) is 15.6. The van der Waals surface area contributed by atoms with E-state index in [0.717, 1.165) is 48.9 Å². The number of hydrazine groups is 1. The van der Waals surface area contributed by atoms with Gasteiger partial charge >= 0.3 is 5.97 Å². The molecule has 4 aliphatic rings. The molecule has 7 nitrogen and oxygen atoms in total. The molecule has 0 aromatic heterocycles. The number of ether oxygens (including phenoxy) is 1. The molecule has 0 amide bonds. The zero-order valence-electron chi connectivity index (χ0n) is 20.6. The molecule has 0 aromatic carbocycles. The Balaban J connectivity index is 1.51. The molecular weight excluding hydrogens is 418 g/mol. The number of nitrogens with zero attached hydrogens (tertiary/aromatic N) is 1. The van der Waals surface area contributed by atoms with Crippen molar-refractivity contribution in [3.63, 3.8) is 0 Å². The van der Waals surface area contributed by atoms with Crippen molar-refractivity contribution in [2.24, 2.45) is 57.9 Å². The number of nitrogens with two attached hydrogens (primary N) is 2. The molecule has 5 N–H and O–H groups in total. The van der Waals surface area contributed by atoms with Crippen LogP contribution in [0.5, 0.6) is 0 Å². The third-order valence-electron chi connectivity index (χ3n) is 10.3. The highest BCUT2D eigenvalue weighted by Crippen LogP contribution is 2.68. The summed E-state index contributed by atoms with van der Waals surface area (Å²) in [5, 5.41) is 10.1. The number of fused-ring (bicyclic) bond motifs is 5. The number of rotatable bonds is 7. The van der Waals surface area contributed by atoms with Crippen LogP contribution >= 0.6 is 0 Å². The van der Waals surface area contributed by atoms with Crippen LogP contribution in [0.4, 0.5) is 0 Å². The lowest BCUT2D eigenvalue weighted by molar-refractivity contribution is -0.154. The molecule has 186 valence electrons. The fraction of sp³-hybridized carbons (Fsp3) is 0.846. The first-order valence-corrected chi connectivity index (χ1v) is 12.9. The van der Waals surface area contributed by atoms with E-state index in [1.54, 1.807) is 0 Å². The maximum absolute atomic E-state index is 13.3. The second-order valence-corrected chi connectivity index (χ2v) is 11.9. The second kappa shape index (κ2) is 9.21. The van der Waals surface area contributed by atoms with Crippen LogP contribution in [0.3, 0.4) is 0 Å². The fourth-order valence-electron chi connectivity index (χ4n) is 8.91. The van der Waals surface area contributed by atoms with Crippen molar-refractivity contribution >= 4 is 11.8 Å². The van der Waals surface area contributed by atoms with Gasteiger partial charge in [-0.05, 0) is 91.8 Å². The van der Waals surface area contributed by atoms with Gasteiger partial charge in [0.25, 0.3) is 0 Å². The van der Waals surface area contributed by atoms with Gasteiger partial charge in [0.1, 0.15) is 5.70 Å². The predicted molar refractivity (Wildman–Crippen MR) is 126 cm³/mol. The quantitative estimate of drug-likeness (QED) is 0.301. The Morgan fingerprint density at radius 2 is 1.88 bits per heavy atom. The molecule has 33 heavy (non-hydrogen) atoms. The van der Waals surface area contributed by atoms with Crippen LogP contribution in [0.25, 0.3) is 0 Å². The van der Waals surface area contributed by atoms with Gasteiger partial charge in [-0.3, -0.25) is 4.79 Å². The Hall–Kier alpha value is -1.60. The molecule has 0 aliphatic heterocycles. The molecule has 8 unspecified atom stereocenters. The predicted octanol–water partition coefficient (Wildman–Crippen LogP) is 3.54. The molecule has 0 heterocycles. The molecule has 0 radical (unpaired) electrons. The minimum atomic E-state index is -1.23. The standard InChI is InChI=1S/C26H43N3O4/c1-16-8-11-26(15-33-3)17(12-16)4-5-18-19-6-7-21(25(19,2)10-9-20(18)26)23(30)14-29(28)13-22(27)24(31)32/h13,16-21H,4-12,14-15,27-28H2,1-3H3,(H,31,32)/b22-13-. The summed E-state index contributed by atoms with van der Waals surface area (Å²) in [6.07, 6.45) is 12.0. The van der Waals surface area contributed by atoms with E-state index in [1.807, 2.05) is 7.11 Å². The van der Waals surface area contributed by atoms with Crippen LogP contribution in [-0.4, -0.2) is 42.1 Å². The van der Waals surface area contributed by atoms with Crippen molar-refractivity contribution in [1.29, 1.82) is 0 Å². The smallest absolute Gasteiger partial charge is 0.353 e. The van der Waals surface area contributed by atoms with E-state index in [2.05, 4.69) is 13.8 Å². The number of carboxylic acid groups (broad SMARTS) is 1. The highest BCUT2D eigenvalue weighted by Gasteiger charge is 2.62. The van der Waals surface area contributed by atoms with E-state index in [4.69, 9.17) is 21.4 Å². The third kappa shape index (κ3) is 4.20. The lowest BCUT2D eigenvalue weighted by Crippen LogP contribution is -2.56. The summed E-state index contributed by atoms with van der Waals surface area (Å²) in [7, 11) is 1.87. The van der Waals surface area contributed by atoms with Crippen LogP contribution in [0.1, 0.15) is 71.6 Å². The summed E-state index contributed by atoms with van der Waals surface area (Å²) in [4.78, 5) is 24.3. The summed E-state index contributed by atoms with van der Waals surface area (Å²) >= 11 is 0. The topological polar surface area (TPSA) is 119 Å². The van der Waals surface area contributed by atoms with Crippen molar-refractivity contribution in [2.45, 2.75) is 71.6 Å². The van der Waals surface area contributed by atoms with Crippen molar-refractivity contribution in [1.82, 2.24) is 5.01 Å². The van der Waals surface area contributed by atoms with E-state index in [1.165, 1.54) is 38.5 Å². The van der Waals surface area contributed by atoms with Gasteiger partial charge in [-0.2, -0.15) is 0 Å². The van der Waals surface area contributed by atoms with Gasteiger partial charge in [-0.1, -0.05) is 20.3 Å². The lowest BCUT2D eigenvalue weighted by Gasteiger charge is -2.62. The summed E-state index contributed by atoms with van der Waals surface area (Å²) in [5.41, 5.74) is 5.44. The summed E-state index contributed by atoms with van der Waals surface area (Å²) < 4.78 is 5.88. The van der Waals surface area contributed by atoms with Gasteiger partial charge in [0, 0.05) is 19.2 Å². The Kier molecular flexibility index (Phi) is 6.85. The van der Waals surface area contributed by atoms with Crippen molar-refractivity contribution in [2.75, 3.05) is 20.3 Å². The normalized spacial score (nSPS) is 42.7. The third-order valence-corrected chi connectivity index (χ3v) is 10.3. The minimum Gasteiger partial charge on any atom is -0.477 e. The lowest BCUT2D eigenvalue weighted by atomic mass is 9.44. The number of carboxylic acids is 1. The van der Waals surface area contributed by atoms with Gasteiger partial charge in [0.2, 0.25) is 0 Å². The largest absolute Gasteiger partial charge is 0.477 e. The van der Waals surface area contributed by atoms with Crippen LogP contribution < -0.4 is 11.6 Å². The molecule has 7 heteroatoms. The monoisotopic (exact) mass is 461 g/mol. The maximum Gasteiger partial charge on any atom is 0.353 e. The first kappa shape index (κ1) is 24.5. The van der Waals surface area contributed by atoms with E-state index in [-0.39, 0.29) is 29.4 Å². The number of aliphatic carboxylic acids is 1. The van der Waals surface area contributed by atoms with Gasteiger partial charge < -0.3 is 20.6 Å². The number of methoxy groups -OCH3 is 1. The summed E-state index contributed by atoms with van der Waals surface area (Å²) in [6.45, 7) is 5.64. The second-order valence-electron chi connectivity index (χ2n) is 11.9. The van der Waals surface area contributed by atoms with Crippen LogP contribution in [0.2, 0.25) is 0 Å². The van der Waals surface area contributed by atoms with Gasteiger partial charge in [-0.15, -0.1) is 0 Å². The van der Waals surface area contributed by atoms with E-state index < -0.39 is 5.97 Å². The average Bonchev–Trinajstić information content (AvgIpc) is 3.11. The Bertz CT molecular complexity index is 800. The Labute approximate surface area is 198 Å². The molecule has 0 saturated heterocycles. The van der Waals surface area contributed by atoms with E-state index in [9.17, 15) is 9.59 Å². The molecule has 4 fully saturated rings. The number of hydrogen-bond donors (Lipinski definition) is 3. The highest BCUT2D eigenvalue weighted by atomic mass is 16.5. The Morgan fingerprint density at radius 3 is 2.58 bits per heavy atom. The van der Waals surface area contributed by atoms with Crippen molar-refractivity contribution in [3.8, 4) is 0 Å². The van der Waals surface area contributed by atoms with Crippen molar-refractivity contribution in [3.05, 3.63) is 11.9 Å². The molecule has 0 aromatic rings. The van der Waals surface area contributed by atoms with E-state index >= 15 is 0 Å². The van der Waals surface area contributed by atoms with Gasteiger partial charge in [-0.25, -0.2) is 10.6 Å². The highest BCUT2D eigenvalue weighted by molar-refractivity contribution is 5.86. The summed E-state index contributed by atoms with van der Waals surface area (Å²) in [5.74, 6) is 8.34. The van der Waals surface area contributed by atoms with Crippen LogP contribution in [0, 0.1) is 46.3 Å². The summed E-state index contributed by atoms with van der Waals surface area (Å²) in [6, 6.07) is 0. The zero-order valence-corrected chi connectivity index (χ0v) is 20.6. The molecule has 0 bridgehead atoms. The number of carbonyl (C=O) groups excluding carboxylic acids is 1. The Morgan fingerprint density at radius 1 is 1.12 bits per heavy atom. The molecule has 4 saturated carbocycles. The van der Waals surface area contributed by atoms with Gasteiger partial charge in [0.05, 0.1) is 13.2 Å². The molecule has 4 rings (SSSR count). The number of hydrogen-bond acceptors (Lipinski definition) is 6. The number of carbonyl (C=O) groups is 2. The van der Waals surface area contributed by atoms with Crippen molar-refractivity contribution < 1.29 is 19.4 Å². The molecule has 0 spiro atoms. The van der Waals surface area contributed by atoms with Gasteiger partial charge in [0.15, 0.2) is 5.78 Å². The zero-order chi connectivity index (χ0) is 24.0. The molecule has 4 aliphatic carbocycles. The first-order valence-electron chi connectivity index (χ1n) is 12.9.